The van der Waals surface area contributed by atoms with Gasteiger partial charge in [-0.15, -0.1) is 0 Å². The zero-order chi connectivity index (χ0) is 13.6. The Balaban J connectivity index is 3.57. The Labute approximate surface area is 113 Å². The third-order valence-corrected chi connectivity index (χ3v) is 3.19. The Morgan fingerprint density at radius 2 is 1.61 bits per heavy atom. The molecule has 0 spiro atoms. The Hall–Kier alpha value is -0.790. The maximum atomic E-state index is 11.2. The van der Waals surface area contributed by atoms with Gasteiger partial charge in [-0.05, 0) is 19.3 Å². The van der Waals surface area contributed by atoms with Crippen LogP contribution in [0.3, 0.4) is 0 Å². The van der Waals surface area contributed by atoms with E-state index in [9.17, 15) is 4.79 Å². The fourth-order valence-corrected chi connectivity index (χ4v) is 2.13. The minimum Gasteiger partial charge on any atom is -0.459 e. The SMILES string of the molecule is C=CC(=O)OC(CCC)CCCCCCCCC. The molecule has 0 rings (SSSR count). The van der Waals surface area contributed by atoms with Gasteiger partial charge in [0.2, 0.25) is 0 Å². The van der Waals surface area contributed by atoms with Crippen LogP contribution in [-0.4, -0.2) is 12.1 Å². The van der Waals surface area contributed by atoms with E-state index in [2.05, 4.69) is 20.4 Å². The van der Waals surface area contributed by atoms with Crippen LogP contribution in [-0.2, 0) is 9.53 Å². The topological polar surface area (TPSA) is 26.3 Å². The molecule has 1 unspecified atom stereocenters. The summed E-state index contributed by atoms with van der Waals surface area (Å²) >= 11 is 0. The van der Waals surface area contributed by atoms with Gasteiger partial charge in [-0.3, -0.25) is 0 Å². The summed E-state index contributed by atoms with van der Waals surface area (Å²) in [5, 5.41) is 0. The molecule has 0 saturated heterocycles. The summed E-state index contributed by atoms with van der Waals surface area (Å²) in [7, 11) is 0. The van der Waals surface area contributed by atoms with Crippen LogP contribution in [0.4, 0.5) is 0 Å². The molecule has 0 N–H and O–H groups in total. The Morgan fingerprint density at radius 1 is 1.00 bits per heavy atom. The zero-order valence-corrected chi connectivity index (χ0v) is 12.2. The van der Waals surface area contributed by atoms with E-state index in [1.165, 1.54) is 51.0 Å². The van der Waals surface area contributed by atoms with Crippen LogP contribution in [0, 0.1) is 0 Å². The summed E-state index contributed by atoms with van der Waals surface area (Å²) < 4.78 is 5.33. The molecule has 0 aromatic rings. The molecule has 0 aromatic heterocycles. The third-order valence-electron chi connectivity index (χ3n) is 3.19. The Kier molecular flexibility index (Phi) is 12.1. The van der Waals surface area contributed by atoms with E-state index in [-0.39, 0.29) is 12.1 Å². The average molecular weight is 254 g/mol. The summed E-state index contributed by atoms with van der Waals surface area (Å²) in [6, 6.07) is 0. The van der Waals surface area contributed by atoms with Crippen molar-refractivity contribution in [3.63, 3.8) is 0 Å². The van der Waals surface area contributed by atoms with Gasteiger partial charge in [0.1, 0.15) is 6.10 Å². The first-order valence-corrected chi connectivity index (χ1v) is 7.57. The van der Waals surface area contributed by atoms with Gasteiger partial charge in [0.25, 0.3) is 0 Å². The molecule has 0 aliphatic carbocycles. The molecular weight excluding hydrogens is 224 g/mol. The first-order valence-electron chi connectivity index (χ1n) is 7.57. The van der Waals surface area contributed by atoms with Crippen LogP contribution >= 0.6 is 0 Å². The first-order chi connectivity index (χ1) is 8.74. The van der Waals surface area contributed by atoms with Crippen LogP contribution in [0.5, 0.6) is 0 Å². The van der Waals surface area contributed by atoms with Gasteiger partial charge in [0.15, 0.2) is 0 Å². The number of rotatable bonds is 12. The van der Waals surface area contributed by atoms with Gasteiger partial charge >= 0.3 is 5.97 Å². The maximum absolute atomic E-state index is 11.2. The van der Waals surface area contributed by atoms with Crippen molar-refractivity contribution < 1.29 is 9.53 Å². The van der Waals surface area contributed by atoms with E-state index in [1.807, 2.05) is 0 Å². The summed E-state index contributed by atoms with van der Waals surface area (Å²) in [6.45, 7) is 7.80. The van der Waals surface area contributed by atoms with Crippen LogP contribution in [0.1, 0.15) is 78.1 Å². The van der Waals surface area contributed by atoms with Crippen molar-refractivity contribution in [2.45, 2.75) is 84.2 Å². The number of unbranched alkanes of at least 4 members (excludes halogenated alkanes) is 6. The molecule has 2 nitrogen and oxygen atoms in total. The summed E-state index contributed by atoms with van der Waals surface area (Å²) in [5.74, 6) is -0.281. The van der Waals surface area contributed by atoms with Crippen molar-refractivity contribution in [2.75, 3.05) is 0 Å². The monoisotopic (exact) mass is 254 g/mol. The van der Waals surface area contributed by atoms with E-state index in [1.54, 1.807) is 0 Å². The second kappa shape index (κ2) is 12.7. The molecule has 0 bridgehead atoms. The molecular formula is C16H30O2. The van der Waals surface area contributed by atoms with Gasteiger partial charge in [-0.1, -0.05) is 65.4 Å². The minimum atomic E-state index is -0.281. The number of hydrogen-bond acceptors (Lipinski definition) is 2. The Bertz CT molecular complexity index is 211. The molecule has 0 radical (unpaired) electrons. The fourth-order valence-electron chi connectivity index (χ4n) is 2.13. The van der Waals surface area contributed by atoms with Gasteiger partial charge in [0.05, 0.1) is 0 Å². The maximum Gasteiger partial charge on any atom is 0.330 e. The molecule has 0 fully saturated rings. The van der Waals surface area contributed by atoms with Crippen LogP contribution in [0.15, 0.2) is 12.7 Å². The Morgan fingerprint density at radius 3 is 2.17 bits per heavy atom. The lowest BCUT2D eigenvalue weighted by molar-refractivity contribution is -0.143. The van der Waals surface area contributed by atoms with Crippen molar-refractivity contribution in [1.82, 2.24) is 0 Å². The van der Waals surface area contributed by atoms with Gasteiger partial charge in [0, 0.05) is 6.08 Å². The van der Waals surface area contributed by atoms with Crippen LogP contribution in [0.2, 0.25) is 0 Å². The fraction of sp³-hybridized carbons (Fsp3) is 0.812. The molecule has 0 aromatic carbocycles. The predicted octanol–water partition coefficient (Wildman–Crippen LogP) is 5.03. The summed E-state index contributed by atoms with van der Waals surface area (Å²) in [5.41, 5.74) is 0. The standard InChI is InChI=1S/C16H30O2/c1-4-7-8-9-10-11-12-14-15(13-5-2)18-16(17)6-3/h6,15H,3-5,7-14H2,1-2H3. The molecule has 0 amide bonds. The number of ether oxygens (including phenoxy) is 1. The van der Waals surface area contributed by atoms with Crippen LogP contribution in [0.25, 0.3) is 0 Å². The molecule has 18 heavy (non-hydrogen) atoms. The van der Waals surface area contributed by atoms with Crippen molar-refractivity contribution in [2.24, 2.45) is 0 Å². The van der Waals surface area contributed by atoms with Gasteiger partial charge < -0.3 is 4.74 Å². The first kappa shape index (κ1) is 17.2. The minimum absolute atomic E-state index is 0.0936. The van der Waals surface area contributed by atoms with E-state index in [0.29, 0.717) is 0 Å². The molecule has 2 heteroatoms. The van der Waals surface area contributed by atoms with E-state index in [4.69, 9.17) is 4.74 Å². The lowest BCUT2D eigenvalue weighted by atomic mass is 10.0. The number of hydrogen-bond donors (Lipinski definition) is 0. The average Bonchev–Trinajstić information content (AvgIpc) is 2.37. The zero-order valence-electron chi connectivity index (χ0n) is 12.2. The highest BCUT2D eigenvalue weighted by Crippen LogP contribution is 2.14. The van der Waals surface area contributed by atoms with Gasteiger partial charge in [-0.25, -0.2) is 4.79 Å². The lowest BCUT2D eigenvalue weighted by Crippen LogP contribution is -2.16. The van der Waals surface area contributed by atoms with E-state index < -0.39 is 0 Å². The quantitative estimate of drug-likeness (QED) is 0.277. The van der Waals surface area contributed by atoms with Crippen molar-refractivity contribution >= 4 is 5.97 Å². The second-order valence-corrected chi connectivity index (χ2v) is 4.96. The highest BCUT2D eigenvalue weighted by Gasteiger charge is 2.10. The summed E-state index contributed by atoms with van der Waals surface area (Å²) in [6.07, 6.45) is 13.5. The smallest absolute Gasteiger partial charge is 0.330 e. The molecule has 106 valence electrons. The predicted molar refractivity (Wildman–Crippen MR) is 77.6 cm³/mol. The number of carbonyl (C=O) groups excluding carboxylic acids is 1. The van der Waals surface area contributed by atoms with E-state index >= 15 is 0 Å². The highest BCUT2D eigenvalue weighted by atomic mass is 16.5. The number of carbonyl (C=O) groups is 1. The van der Waals surface area contributed by atoms with Crippen LogP contribution < -0.4 is 0 Å². The summed E-state index contributed by atoms with van der Waals surface area (Å²) in [4.78, 5) is 11.2. The number of esters is 1. The van der Waals surface area contributed by atoms with Crippen molar-refractivity contribution in [3.05, 3.63) is 12.7 Å². The molecule has 1 atom stereocenters. The third kappa shape index (κ3) is 10.4. The second-order valence-electron chi connectivity index (χ2n) is 4.96. The largest absolute Gasteiger partial charge is 0.459 e. The normalized spacial score (nSPS) is 12.1. The molecule has 0 saturated carbocycles. The molecule has 0 heterocycles. The molecule has 0 aliphatic heterocycles. The molecule has 0 aliphatic rings. The lowest BCUT2D eigenvalue weighted by Gasteiger charge is -2.16. The van der Waals surface area contributed by atoms with Gasteiger partial charge in [-0.2, -0.15) is 0 Å². The van der Waals surface area contributed by atoms with E-state index in [0.717, 1.165) is 19.3 Å². The van der Waals surface area contributed by atoms with Crippen molar-refractivity contribution in [1.29, 1.82) is 0 Å². The highest BCUT2D eigenvalue weighted by molar-refractivity contribution is 5.81. The van der Waals surface area contributed by atoms with Crippen molar-refractivity contribution in [3.8, 4) is 0 Å².